The van der Waals surface area contributed by atoms with E-state index in [2.05, 4.69) is 11.7 Å². The molecule has 0 aromatic heterocycles. The molecule has 0 heterocycles. The van der Waals surface area contributed by atoms with Gasteiger partial charge in [0.25, 0.3) is 0 Å². The molecule has 0 aliphatic carbocycles. The van der Waals surface area contributed by atoms with Crippen molar-refractivity contribution in [3.63, 3.8) is 0 Å². The van der Waals surface area contributed by atoms with Crippen LogP contribution in [0.2, 0.25) is 0 Å². The average molecular weight is 320 g/mol. The Balaban J connectivity index is -0.0000000570. The van der Waals surface area contributed by atoms with Crippen LogP contribution in [0.1, 0.15) is 47.5 Å². The van der Waals surface area contributed by atoms with E-state index in [9.17, 15) is 4.79 Å². The summed E-state index contributed by atoms with van der Waals surface area (Å²) in [5.41, 5.74) is 0. The van der Waals surface area contributed by atoms with Gasteiger partial charge in [0, 0.05) is 24.8 Å². The van der Waals surface area contributed by atoms with E-state index in [0.29, 0.717) is 6.61 Å². The van der Waals surface area contributed by atoms with Crippen molar-refractivity contribution in [2.45, 2.75) is 47.5 Å². The van der Waals surface area contributed by atoms with Gasteiger partial charge in [-0.25, -0.2) is 0 Å². The van der Waals surface area contributed by atoms with Crippen LogP contribution in [-0.2, 0) is 23.9 Å². The van der Waals surface area contributed by atoms with E-state index < -0.39 is 17.9 Å². The summed E-state index contributed by atoms with van der Waals surface area (Å²) in [5.74, 6) is -3.43. The molecule has 0 bridgehead atoms. The molecule has 0 amide bonds. The first kappa shape index (κ1) is 31.7. The Morgan fingerprint density at radius 1 is 0.810 bits per heavy atom. The van der Waals surface area contributed by atoms with E-state index in [1.807, 2.05) is 0 Å². The number of hydrogen-bond donors (Lipinski definition) is 0. The van der Waals surface area contributed by atoms with Gasteiger partial charge in [0.2, 0.25) is 0 Å². The normalized spacial score (nSPS) is 6.90. The van der Waals surface area contributed by atoms with Crippen molar-refractivity contribution in [3.8, 4) is 0 Å². The number of aliphatic carboxylic acids is 3. The van der Waals surface area contributed by atoms with Crippen LogP contribution in [0.3, 0.4) is 0 Å². The fraction of sp³-hybridized carbons (Fsp3) is 0.667. The zero-order valence-electron chi connectivity index (χ0n) is 13.0. The molecule has 0 N–H and O–H groups in total. The first-order chi connectivity index (χ1) is 8.97. The molecule has 0 aliphatic heterocycles. The van der Waals surface area contributed by atoms with Gasteiger partial charge in [-0.3, -0.25) is 4.79 Å². The van der Waals surface area contributed by atoms with Gasteiger partial charge in [-0.05, 0) is 27.2 Å². The van der Waals surface area contributed by atoms with Crippen LogP contribution in [-0.4, -0.2) is 47.8 Å². The number of carbonyl (C=O) groups is 4. The van der Waals surface area contributed by atoms with Crippen LogP contribution in [0.25, 0.3) is 0 Å². The van der Waals surface area contributed by atoms with Gasteiger partial charge in [0.1, 0.15) is 0 Å². The fourth-order valence-corrected chi connectivity index (χ4v) is 0.360. The SMILES string of the molecule is CC(=O)[O-].CC(=O)[O-].CC(=O)[O-].CCCCOC(C)=O.[Al+3]. The second-order valence-electron chi connectivity index (χ2n) is 3.17. The molecule has 0 rings (SSSR count). The second-order valence-corrected chi connectivity index (χ2v) is 3.17. The molecule has 0 spiro atoms. The van der Waals surface area contributed by atoms with Crippen molar-refractivity contribution in [2.75, 3.05) is 6.61 Å². The summed E-state index contributed by atoms with van der Waals surface area (Å²) in [6.45, 7) is 6.98. The fourth-order valence-electron chi connectivity index (χ4n) is 0.360. The van der Waals surface area contributed by atoms with Crippen molar-refractivity contribution in [1.82, 2.24) is 0 Å². The molecule has 9 heteroatoms. The summed E-state index contributed by atoms with van der Waals surface area (Å²) in [5, 5.41) is 26.7. The van der Waals surface area contributed by atoms with Gasteiger partial charge in [-0.1, -0.05) is 13.3 Å². The molecule has 0 fully saturated rings. The van der Waals surface area contributed by atoms with Crippen molar-refractivity contribution in [2.24, 2.45) is 0 Å². The summed E-state index contributed by atoms with van der Waals surface area (Å²) < 4.78 is 4.64. The summed E-state index contributed by atoms with van der Waals surface area (Å²) in [6, 6.07) is 0. The van der Waals surface area contributed by atoms with Crippen molar-refractivity contribution in [1.29, 1.82) is 0 Å². The predicted octanol–water partition coefficient (Wildman–Crippen LogP) is -2.76. The van der Waals surface area contributed by atoms with Gasteiger partial charge in [-0.2, -0.15) is 0 Å². The maximum absolute atomic E-state index is 10.1. The Morgan fingerprint density at radius 3 is 1.19 bits per heavy atom. The summed E-state index contributed by atoms with van der Waals surface area (Å²) >= 11 is 0. The van der Waals surface area contributed by atoms with E-state index in [0.717, 1.165) is 33.6 Å². The minimum Gasteiger partial charge on any atom is -0.550 e. The number of ether oxygens (including phenoxy) is 1. The Hall–Kier alpha value is -1.59. The summed E-state index contributed by atoms with van der Waals surface area (Å²) in [4.78, 5) is 36.8. The van der Waals surface area contributed by atoms with Crippen LogP contribution < -0.4 is 15.3 Å². The molecular weight excluding hydrogens is 299 g/mol. The Kier molecular flexibility index (Phi) is 40.5. The maximum atomic E-state index is 10.1. The molecule has 0 aliphatic rings. The minimum absolute atomic E-state index is 0. The molecule has 8 nitrogen and oxygen atoms in total. The van der Waals surface area contributed by atoms with Crippen LogP contribution >= 0.6 is 0 Å². The first-order valence-corrected chi connectivity index (χ1v) is 5.63. The molecule has 0 unspecified atom stereocenters. The number of carboxylic acid groups (broad SMARTS) is 3. The zero-order valence-corrected chi connectivity index (χ0v) is 14.1. The molecule has 0 aromatic rings. The maximum Gasteiger partial charge on any atom is 3.00 e. The van der Waals surface area contributed by atoms with Gasteiger partial charge in [0.05, 0.1) is 6.61 Å². The monoisotopic (exact) mass is 320 g/mol. The minimum atomic E-state index is -1.08. The third-order valence-electron chi connectivity index (χ3n) is 0.803. The van der Waals surface area contributed by atoms with E-state index in [1.165, 1.54) is 6.92 Å². The number of unbranched alkanes of at least 4 members (excludes halogenated alkanes) is 1. The quantitative estimate of drug-likeness (QED) is 0.308. The number of rotatable bonds is 3. The van der Waals surface area contributed by atoms with Crippen molar-refractivity contribution >= 4 is 41.2 Å². The molecule has 0 radical (unpaired) electrons. The summed E-state index contributed by atoms with van der Waals surface area (Å²) in [6.07, 6.45) is 2.05. The third kappa shape index (κ3) is 426. The standard InChI is InChI=1S/C6H12O2.3C2H4O2.Al/c1-3-4-5-8-6(2)7;3*1-2(3)4;/h3-5H2,1-2H3;3*1H3,(H,3,4);/q;;;;+3/p-3. The third-order valence-corrected chi connectivity index (χ3v) is 0.803. The molecule has 0 saturated carbocycles. The largest absolute Gasteiger partial charge is 3.00 e. The molecule has 0 aromatic carbocycles. The van der Waals surface area contributed by atoms with Crippen molar-refractivity contribution in [3.05, 3.63) is 0 Å². The number of carboxylic acids is 3. The van der Waals surface area contributed by atoms with Gasteiger partial charge >= 0.3 is 23.3 Å². The molecule has 21 heavy (non-hydrogen) atoms. The Bertz CT molecular complexity index is 238. The smallest absolute Gasteiger partial charge is 0.550 e. The molecular formula is C12H21AlO8. The molecule has 0 saturated heterocycles. The Labute approximate surface area is 135 Å². The van der Waals surface area contributed by atoms with Gasteiger partial charge in [-0.15, -0.1) is 0 Å². The van der Waals surface area contributed by atoms with E-state index >= 15 is 0 Å². The van der Waals surface area contributed by atoms with Crippen molar-refractivity contribution < 1.29 is 39.2 Å². The van der Waals surface area contributed by atoms with Gasteiger partial charge < -0.3 is 34.4 Å². The Morgan fingerprint density at radius 2 is 1.05 bits per heavy atom. The van der Waals surface area contributed by atoms with Gasteiger partial charge in [0.15, 0.2) is 0 Å². The second kappa shape index (κ2) is 26.9. The van der Waals surface area contributed by atoms with E-state index in [1.54, 1.807) is 0 Å². The van der Waals surface area contributed by atoms with Crippen LogP contribution in [0.4, 0.5) is 0 Å². The van der Waals surface area contributed by atoms with E-state index in [-0.39, 0.29) is 23.3 Å². The summed E-state index contributed by atoms with van der Waals surface area (Å²) in [7, 11) is 0. The topological polar surface area (TPSA) is 147 Å². The predicted molar refractivity (Wildman–Crippen MR) is 69.3 cm³/mol. The molecule has 120 valence electrons. The number of esters is 1. The van der Waals surface area contributed by atoms with Crippen LogP contribution in [0, 0.1) is 0 Å². The van der Waals surface area contributed by atoms with E-state index in [4.69, 9.17) is 29.7 Å². The number of carbonyl (C=O) groups excluding carboxylic acids is 4. The average Bonchev–Trinajstić information content (AvgIpc) is 2.14. The van der Waals surface area contributed by atoms with Crippen LogP contribution in [0.15, 0.2) is 0 Å². The number of hydrogen-bond acceptors (Lipinski definition) is 8. The first-order valence-electron chi connectivity index (χ1n) is 5.63. The molecule has 0 atom stereocenters. The zero-order chi connectivity index (χ0) is 17.1. The van der Waals surface area contributed by atoms with Crippen LogP contribution in [0.5, 0.6) is 0 Å².